The van der Waals surface area contributed by atoms with E-state index in [0.29, 0.717) is 45.7 Å². The van der Waals surface area contributed by atoms with Crippen molar-refractivity contribution in [3.63, 3.8) is 0 Å². The molecule has 5 atom stereocenters. The molecule has 4 aliphatic rings. The van der Waals surface area contributed by atoms with Crippen LogP contribution < -0.4 is 15.1 Å². The number of ether oxygens (including phenoxy) is 1. The van der Waals surface area contributed by atoms with Gasteiger partial charge in [-0.2, -0.15) is 15.1 Å². The van der Waals surface area contributed by atoms with Crippen LogP contribution in [-0.4, -0.2) is 133 Å². The number of carbonyl (C=O) groups excluding carboxylic acids is 2. The first-order chi connectivity index (χ1) is 29.3. The number of nitrogens with zero attached hydrogens (tertiary/aromatic N) is 11. The van der Waals surface area contributed by atoms with Crippen LogP contribution >= 0.6 is 0 Å². The molecular weight excluding hydrogens is 804 g/mol. The van der Waals surface area contributed by atoms with Gasteiger partial charge in [-0.05, 0) is 50.1 Å². The van der Waals surface area contributed by atoms with Crippen molar-refractivity contribution in [3.8, 4) is 16.9 Å². The fourth-order valence-corrected chi connectivity index (χ4v) is 9.33. The lowest BCUT2D eigenvalue weighted by molar-refractivity contribution is -0.142. The third-order valence-electron chi connectivity index (χ3n) is 12.2. The van der Waals surface area contributed by atoms with Gasteiger partial charge in [0, 0.05) is 57.5 Å². The number of aromatic nitrogens is 7. The highest BCUT2D eigenvalue weighted by Crippen LogP contribution is 2.41. The number of alkyl halides is 2. The Hall–Kier alpha value is -6.44. The summed E-state index contributed by atoms with van der Waals surface area (Å²) in [5, 5.41) is 8.29. The van der Waals surface area contributed by atoms with Crippen molar-refractivity contribution in [2.75, 3.05) is 55.5 Å². The van der Waals surface area contributed by atoms with Crippen molar-refractivity contribution in [3.05, 3.63) is 78.0 Å². The number of fused-ring (bicyclic) bond motifs is 8. The topological polar surface area (TPSA) is 143 Å². The van der Waals surface area contributed by atoms with Gasteiger partial charge in [0.2, 0.25) is 17.8 Å². The van der Waals surface area contributed by atoms with Gasteiger partial charge in [0.25, 0.3) is 6.43 Å². The van der Waals surface area contributed by atoms with Crippen molar-refractivity contribution < 1.29 is 36.3 Å². The van der Waals surface area contributed by atoms with Gasteiger partial charge in [0.05, 0.1) is 53.5 Å². The number of carbonyl (C=O) groups is 2. The van der Waals surface area contributed by atoms with Crippen LogP contribution in [0.4, 0.5) is 39.5 Å². The lowest BCUT2D eigenvalue weighted by Gasteiger charge is -2.55. The second-order valence-corrected chi connectivity index (χ2v) is 16.0. The molecule has 6 aromatic rings. The number of piperidine rings is 1. The molecule has 15 nitrogen and oxygen atoms in total. The second kappa shape index (κ2) is 14.6. The SMILES string of the molecule is CO[C@H]1CN(C)C(=O)[C@@H]2C[C@@H](CN2c2nc(N3[C@@H]4C[C@H]3C(=O)N(CC(F)F)C4)nc3c2cnn3-c2ccc(F)cc2F)Nc2cccc(n2)-c2cc(F)cc3nc(C)n(c23)C1. The predicted molar refractivity (Wildman–Crippen MR) is 213 cm³/mol. The molecule has 0 spiro atoms. The highest BCUT2D eigenvalue weighted by Gasteiger charge is 2.52. The summed E-state index contributed by atoms with van der Waals surface area (Å²) in [5.41, 5.74) is 2.20. The number of amides is 2. The molecule has 0 unspecified atom stereocenters. The summed E-state index contributed by atoms with van der Waals surface area (Å²) >= 11 is 0. The number of hydrogen-bond acceptors (Lipinski definition) is 11. The number of likely N-dealkylation sites (tertiary alicyclic amines) is 1. The summed E-state index contributed by atoms with van der Waals surface area (Å²) in [4.78, 5) is 53.8. The molecule has 4 aromatic heterocycles. The van der Waals surface area contributed by atoms with Gasteiger partial charge in [-0.25, -0.2) is 36.6 Å². The lowest BCUT2D eigenvalue weighted by Crippen LogP contribution is -2.72. The van der Waals surface area contributed by atoms with Gasteiger partial charge in [0.15, 0.2) is 11.5 Å². The number of methoxy groups -OCH3 is 1. The number of piperazine rings is 1. The summed E-state index contributed by atoms with van der Waals surface area (Å²) in [6, 6.07) is 8.80. The predicted octanol–water partition coefficient (Wildman–Crippen LogP) is 4.55. The monoisotopic (exact) mass is 842 g/mol. The molecule has 0 aliphatic carbocycles. The quantitative estimate of drug-likeness (QED) is 0.236. The number of nitrogens with one attached hydrogen (secondary N) is 1. The first kappa shape index (κ1) is 38.7. The molecule has 20 heteroatoms. The average Bonchev–Trinajstić information content (AvgIpc) is 3.91. The normalized spacial score (nSPS) is 22.9. The van der Waals surface area contributed by atoms with E-state index in [0.717, 1.165) is 17.0 Å². The van der Waals surface area contributed by atoms with Crippen LogP contribution in [0.2, 0.25) is 0 Å². The highest BCUT2D eigenvalue weighted by molar-refractivity contribution is 5.95. The maximum absolute atomic E-state index is 15.4. The fraction of sp³-hybridized carbons (Fsp3) is 0.390. The van der Waals surface area contributed by atoms with E-state index < -0.39 is 60.6 Å². The Morgan fingerprint density at radius 3 is 2.51 bits per heavy atom. The Balaban J connectivity index is 1.09. The van der Waals surface area contributed by atoms with E-state index in [-0.39, 0.29) is 67.6 Å². The van der Waals surface area contributed by atoms with Crippen molar-refractivity contribution in [2.45, 2.75) is 63.0 Å². The average molecular weight is 843 g/mol. The molecule has 3 saturated heterocycles. The molecule has 1 N–H and O–H groups in total. The van der Waals surface area contributed by atoms with Gasteiger partial charge in [-0.15, -0.1) is 0 Å². The molecule has 8 heterocycles. The Kier molecular flexibility index (Phi) is 9.29. The largest absolute Gasteiger partial charge is 0.378 e. The van der Waals surface area contributed by atoms with Crippen LogP contribution in [-0.2, 0) is 20.9 Å². The van der Waals surface area contributed by atoms with Gasteiger partial charge in [-0.3, -0.25) is 9.59 Å². The Morgan fingerprint density at radius 1 is 0.902 bits per heavy atom. The molecule has 2 amide bonds. The molecule has 6 bridgehead atoms. The first-order valence-electron chi connectivity index (χ1n) is 19.9. The minimum absolute atomic E-state index is 0.0256. The zero-order valence-corrected chi connectivity index (χ0v) is 33.1. The third kappa shape index (κ3) is 6.54. The number of anilines is 3. The molecule has 2 aromatic carbocycles. The van der Waals surface area contributed by atoms with Crippen molar-refractivity contribution in [1.82, 2.24) is 44.1 Å². The van der Waals surface area contributed by atoms with E-state index in [9.17, 15) is 22.8 Å². The maximum Gasteiger partial charge on any atom is 0.255 e. The van der Waals surface area contributed by atoms with Crippen LogP contribution in [0, 0.1) is 24.4 Å². The maximum atomic E-state index is 15.4. The van der Waals surface area contributed by atoms with Gasteiger partial charge in [0.1, 0.15) is 46.9 Å². The minimum Gasteiger partial charge on any atom is -0.378 e. The zero-order chi connectivity index (χ0) is 42.4. The van der Waals surface area contributed by atoms with Crippen molar-refractivity contribution in [1.29, 1.82) is 0 Å². The van der Waals surface area contributed by atoms with Crippen LogP contribution in [0.3, 0.4) is 0 Å². The molecule has 61 heavy (non-hydrogen) atoms. The molecule has 10 rings (SSSR count). The Bertz CT molecular complexity index is 2750. The first-order valence-corrected chi connectivity index (χ1v) is 19.9. The highest BCUT2D eigenvalue weighted by atomic mass is 19.3. The van der Waals surface area contributed by atoms with Gasteiger partial charge in [-0.1, -0.05) is 6.07 Å². The minimum atomic E-state index is -2.71. The summed E-state index contributed by atoms with van der Waals surface area (Å²) in [6.07, 6.45) is -1.11. The standard InChI is InChI=1S/C41H39F5N12O3/c1-20-48-30-11-22(43)9-26-29-5-4-6-35(50-29)49-23-12-32(39(59)53(2)17-25(61-3)18-55(20)36(26)30)56(15-23)37-27-14-47-58(31-8-7-21(42)10-28(31)44)38(27)52-41(51-37)57-24-13-33(57)40(60)54(16-24)19-34(45)46/h4-11,14,23-25,32-34H,12-13,15-19H2,1-3H3,(H,49,50)/t23-,24+,25-,32-,33-/m0/s1. The summed E-state index contributed by atoms with van der Waals surface area (Å²) in [6.45, 7) is 1.81. The van der Waals surface area contributed by atoms with E-state index >= 15 is 8.78 Å². The van der Waals surface area contributed by atoms with E-state index in [4.69, 9.17) is 19.7 Å². The lowest BCUT2D eigenvalue weighted by atomic mass is 9.87. The molecule has 316 valence electrons. The van der Waals surface area contributed by atoms with Crippen LogP contribution in [0.5, 0.6) is 0 Å². The Labute approximate surface area is 344 Å². The van der Waals surface area contributed by atoms with Gasteiger partial charge >= 0.3 is 0 Å². The summed E-state index contributed by atoms with van der Waals surface area (Å²) in [7, 11) is 3.24. The summed E-state index contributed by atoms with van der Waals surface area (Å²) < 4.78 is 80.6. The number of rotatable bonds is 6. The number of pyridine rings is 1. The van der Waals surface area contributed by atoms with Crippen molar-refractivity contribution >= 4 is 51.5 Å². The number of likely N-dealkylation sites (N-methyl/N-ethyl adjacent to an activating group) is 1. The third-order valence-corrected chi connectivity index (χ3v) is 12.2. The second-order valence-electron chi connectivity index (χ2n) is 16.0. The molecular formula is C41H39F5N12O3. The van der Waals surface area contributed by atoms with Crippen molar-refractivity contribution in [2.24, 2.45) is 0 Å². The van der Waals surface area contributed by atoms with Crippen LogP contribution in [0.25, 0.3) is 39.0 Å². The molecule has 0 saturated carbocycles. The molecule has 0 radical (unpaired) electrons. The number of halogens is 5. The number of imidazole rings is 1. The molecule has 4 aliphatic heterocycles. The summed E-state index contributed by atoms with van der Waals surface area (Å²) in [5.74, 6) is -1.48. The fourth-order valence-electron chi connectivity index (χ4n) is 9.33. The zero-order valence-electron chi connectivity index (χ0n) is 33.1. The van der Waals surface area contributed by atoms with E-state index in [1.54, 1.807) is 36.1 Å². The number of hydrogen-bond donors (Lipinski definition) is 1. The van der Waals surface area contributed by atoms with E-state index in [2.05, 4.69) is 15.4 Å². The number of benzene rings is 2. The van der Waals surface area contributed by atoms with E-state index in [1.165, 1.54) is 29.1 Å². The smallest absolute Gasteiger partial charge is 0.255 e. The van der Waals surface area contributed by atoms with Crippen LogP contribution in [0.15, 0.2) is 54.7 Å². The molecule has 3 fully saturated rings. The van der Waals surface area contributed by atoms with Crippen LogP contribution in [0.1, 0.15) is 18.7 Å². The van der Waals surface area contributed by atoms with Gasteiger partial charge < -0.3 is 34.2 Å². The number of aryl methyl sites for hydroxylation is 1. The Morgan fingerprint density at radius 2 is 1.74 bits per heavy atom. The van der Waals surface area contributed by atoms with E-state index in [1.807, 2.05) is 22.5 Å².